The number of halogens is 1. The van der Waals surface area contributed by atoms with Crippen molar-refractivity contribution in [3.8, 4) is 5.75 Å². The highest BCUT2D eigenvalue weighted by Gasteiger charge is 2.34. The van der Waals surface area contributed by atoms with Gasteiger partial charge in [0.05, 0.1) is 17.7 Å². The fourth-order valence-electron chi connectivity index (χ4n) is 2.93. The Hall–Kier alpha value is -2.31. The molecule has 1 aliphatic rings. The average Bonchev–Trinajstić information content (AvgIpc) is 3.00. The van der Waals surface area contributed by atoms with Crippen molar-refractivity contribution in [2.45, 2.75) is 6.92 Å². The minimum absolute atomic E-state index is 0.0138. The largest absolute Gasteiger partial charge is 0.494 e. The van der Waals surface area contributed by atoms with Crippen molar-refractivity contribution in [2.75, 3.05) is 30.4 Å². The topological polar surface area (TPSA) is 54.5 Å². The van der Waals surface area contributed by atoms with Crippen LogP contribution in [0.3, 0.4) is 0 Å². The summed E-state index contributed by atoms with van der Waals surface area (Å²) in [7, 11) is 1.65. The van der Waals surface area contributed by atoms with E-state index in [-0.39, 0.29) is 11.8 Å². The van der Waals surface area contributed by atoms with E-state index in [2.05, 4.69) is 15.2 Å². The maximum Gasteiger partial charge on any atom is 0.231 e. The lowest BCUT2D eigenvalue weighted by Crippen LogP contribution is -2.52. The Balaban J connectivity index is 1.42. The highest BCUT2D eigenvalue weighted by atomic mass is 35.5. The van der Waals surface area contributed by atoms with Gasteiger partial charge < -0.3 is 15.0 Å². The van der Waals surface area contributed by atoms with Gasteiger partial charge in [-0.2, -0.15) is 0 Å². The van der Waals surface area contributed by atoms with Crippen molar-refractivity contribution in [3.05, 3.63) is 47.0 Å². The molecule has 7 heteroatoms. The van der Waals surface area contributed by atoms with Crippen LogP contribution in [0.2, 0.25) is 5.02 Å². The minimum atomic E-state index is -0.0519. The van der Waals surface area contributed by atoms with Crippen molar-refractivity contribution < 1.29 is 9.53 Å². The van der Waals surface area contributed by atoms with Gasteiger partial charge in [0.2, 0.25) is 5.91 Å². The Kier molecular flexibility index (Phi) is 4.46. The fraction of sp³-hybridized carbons (Fsp3) is 0.263. The Bertz CT molecular complexity index is 982. The van der Waals surface area contributed by atoms with Gasteiger partial charge in [0.15, 0.2) is 5.13 Å². The third kappa shape index (κ3) is 3.10. The van der Waals surface area contributed by atoms with Crippen molar-refractivity contribution in [2.24, 2.45) is 5.92 Å². The zero-order chi connectivity index (χ0) is 18.3. The van der Waals surface area contributed by atoms with Gasteiger partial charge in [-0.1, -0.05) is 35.1 Å². The van der Waals surface area contributed by atoms with Crippen LogP contribution in [0.5, 0.6) is 5.75 Å². The number of amides is 1. The summed E-state index contributed by atoms with van der Waals surface area (Å²) in [6.45, 7) is 3.26. The number of hydrogen-bond donors (Lipinski definition) is 1. The lowest BCUT2D eigenvalue weighted by molar-refractivity contribution is -0.120. The Morgan fingerprint density at radius 3 is 2.88 bits per heavy atom. The fourth-order valence-corrected chi connectivity index (χ4v) is 4.11. The number of fused-ring (bicyclic) bond motifs is 1. The van der Waals surface area contributed by atoms with E-state index in [1.807, 2.05) is 37.3 Å². The first-order valence-corrected chi connectivity index (χ1v) is 9.50. The van der Waals surface area contributed by atoms with Crippen LogP contribution in [-0.2, 0) is 4.79 Å². The summed E-state index contributed by atoms with van der Waals surface area (Å²) in [6.07, 6.45) is 0. The standard InChI is InChI=1S/C19H18ClN3O2S/c1-11-6-7-13(8-14(11)20)21-18(24)12-9-23(10-12)19-22-17-15(25-2)4-3-5-16(17)26-19/h3-8,12H,9-10H2,1-2H3,(H,21,24). The first kappa shape index (κ1) is 17.1. The molecule has 2 heterocycles. The average molecular weight is 388 g/mol. The van der Waals surface area contributed by atoms with E-state index in [9.17, 15) is 4.79 Å². The summed E-state index contributed by atoms with van der Waals surface area (Å²) in [5.41, 5.74) is 2.59. The monoisotopic (exact) mass is 387 g/mol. The Morgan fingerprint density at radius 2 is 2.15 bits per heavy atom. The first-order valence-electron chi connectivity index (χ1n) is 8.30. The quantitative estimate of drug-likeness (QED) is 0.723. The first-order chi connectivity index (χ1) is 12.5. The molecule has 0 radical (unpaired) electrons. The molecule has 1 amide bonds. The molecule has 1 aliphatic heterocycles. The Morgan fingerprint density at radius 1 is 1.35 bits per heavy atom. The summed E-state index contributed by atoms with van der Waals surface area (Å²) < 4.78 is 6.45. The molecule has 0 unspecified atom stereocenters. The highest BCUT2D eigenvalue weighted by molar-refractivity contribution is 7.22. The van der Waals surface area contributed by atoms with Crippen LogP contribution < -0.4 is 15.0 Å². The van der Waals surface area contributed by atoms with Crippen LogP contribution in [0.1, 0.15) is 5.56 Å². The van der Waals surface area contributed by atoms with Crippen molar-refractivity contribution in [1.82, 2.24) is 4.98 Å². The molecule has 0 atom stereocenters. The van der Waals surface area contributed by atoms with E-state index in [0.717, 1.165) is 32.3 Å². The molecule has 26 heavy (non-hydrogen) atoms. The number of thiazole rings is 1. The van der Waals surface area contributed by atoms with Gasteiger partial charge in [-0.3, -0.25) is 4.79 Å². The number of benzene rings is 2. The summed E-state index contributed by atoms with van der Waals surface area (Å²) in [4.78, 5) is 19.2. The second-order valence-corrected chi connectivity index (χ2v) is 7.77. The van der Waals surface area contributed by atoms with Crippen LogP contribution in [0.4, 0.5) is 10.8 Å². The third-order valence-corrected chi connectivity index (χ3v) is 6.04. The molecule has 1 fully saturated rings. The highest BCUT2D eigenvalue weighted by Crippen LogP contribution is 2.36. The van der Waals surface area contributed by atoms with Gasteiger partial charge in [0.1, 0.15) is 11.3 Å². The van der Waals surface area contributed by atoms with Gasteiger partial charge in [0.25, 0.3) is 0 Å². The van der Waals surface area contributed by atoms with Gasteiger partial charge >= 0.3 is 0 Å². The molecular weight excluding hydrogens is 370 g/mol. The second-order valence-electron chi connectivity index (χ2n) is 6.36. The predicted octanol–water partition coefficient (Wildman–Crippen LogP) is 4.34. The molecule has 0 aliphatic carbocycles. The van der Waals surface area contributed by atoms with E-state index in [1.54, 1.807) is 24.5 Å². The molecule has 3 aromatic rings. The lowest BCUT2D eigenvalue weighted by Gasteiger charge is -2.37. The van der Waals surface area contributed by atoms with E-state index in [0.29, 0.717) is 18.1 Å². The molecule has 2 aromatic carbocycles. The number of ether oxygens (including phenoxy) is 1. The maximum atomic E-state index is 12.4. The summed E-state index contributed by atoms with van der Waals surface area (Å²) in [5.74, 6) is 0.736. The van der Waals surface area contributed by atoms with Crippen molar-refractivity contribution >= 4 is 49.9 Å². The van der Waals surface area contributed by atoms with Gasteiger partial charge in [0, 0.05) is 23.8 Å². The summed E-state index contributed by atoms with van der Waals surface area (Å²) >= 11 is 7.73. The molecule has 5 nitrogen and oxygen atoms in total. The van der Waals surface area contributed by atoms with Crippen LogP contribution in [-0.4, -0.2) is 31.1 Å². The SMILES string of the molecule is COc1cccc2sc(N3CC(C(=O)Nc4ccc(C)c(Cl)c4)C3)nc12. The van der Waals surface area contributed by atoms with Crippen LogP contribution >= 0.6 is 22.9 Å². The van der Waals surface area contributed by atoms with E-state index < -0.39 is 0 Å². The van der Waals surface area contributed by atoms with Crippen molar-refractivity contribution in [1.29, 1.82) is 0 Å². The number of carbonyl (C=O) groups excluding carboxylic acids is 1. The molecule has 1 N–H and O–H groups in total. The smallest absolute Gasteiger partial charge is 0.231 e. The number of aromatic nitrogens is 1. The molecule has 4 rings (SSSR count). The Labute approximate surface area is 160 Å². The van der Waals surface area contributed by atoms with Gasteiger partial charge in [-0.25, -0.2) is 4.98 Å². The van der Waals surface area contributed by atoms with Crippen LogP contribution in [0.25, 0.3) is 10.2 Å². The molecule has 134 valence electrons. The molecular formula is C19H18ClN3O2S. The molecule has 0 saturated carbocycles. The van der Waals surface area contributed by atoms with Gasteiger partial charge in [-0.15, -0.1) is 0 Å². The van der Waals surface area contributed by atoms with Crippen LogP contribution in [0, 0.1) is 12.8 Å². The maximum absolute atomic E-state index is 12.4. The normalized spacial score (nSPS) is 14.3. The van der Waals surface area contributed by atoms with Crippen molar-refractivity contribution in [3.63, 3.8) is 0 Å². The van der Waals surface area contributed by atoms with Gasteiger partial charge in [-0.05, 0) is 36.8 Å². The van der Waals surface area contributed by atoms with Crippen LogP contribution in [0.15, 0.2) is 36.4 Å². The predicted molar refractivity (Wildman–Crippen MR) is 107 cm³/mol. The molecule has 0 bridgehead atoms. The zero-order valence-electron chi connectivity index (χ0n) is 14.5. The summed E-state index contributed by atoms with van der Waals surface area (Å²) in [5, 5.41) is 4.52. The second kappa shape index (κ2) is 6.78. The number of anilines is 2. The van der Waals surface area contributed by atoms with E-state index in [1.165, 1.54) is 0 Å². The lowest BCUT2D eigenvalue weighted by atomic mass is 10.00. The molecule has 1 saturated heterocycles. The number of carbonyl (C=O) groups is 1. The number of para-hydroxylation sites is 1. The number of aryl methyl sites for hydroxylation is 1. The number of nitrogens with one attached hydrogen (secondary N) is 1. The number of hydrogen-bond acceptors (Lipinski definition) is 5. The number of methoxy groups -OCH3 is 1. The zero-order valence-corrected chi connectivity index (χ0v) is 16.0. The third-order valence-electron chi connectivity index (χ3n) is 4.55. The number of nitrogens with zero attached hydrogens (tertiary/aromatic N) is 2. The molecule has 0 spiro atoms. The summed E-state index contributed by atoms with van der Waals surface area (Å²) in [6, 6.07) is 11.5. The molecule has 1 aromatic heterocycles. The number of rotatable bonds is 4. The minimum Gasteiger partial charge on any atom is -0.494 e. The van der Waals surface area contributed by atoms with E-state index >= 15 is 0 Å². The van der Waals surface area contributed by atoms with E-state index in [4.69, 9.17) is 16.3 Å².